The summed E-state index contributed by atoms with van der Waals surface area (Å²) in [7, 11) is 0. The third-order valence-electron chi connectivity index (χ3n) is 3.86. The zero-order valence-electron chi connectivity index (χ0n) is 12.4. The minimum atomic E-state index is 0. The molecule has 1 aromatic heterocycles. The number of rotatable bonds is 3. The Balaban J connectivity index is 0.00000121. The predicted octanol–water partition coefficient (Wildman–Crippen LogP) is 4.55. The summed E-state index contributed by atoms with van der Waals surface area (Å²) in [4.78, 5) is 3.98. The summed E-state index contributed by atoms with van der Waals surface area (Å²) in [5, 5.41) is 6.41. The zero-order chi connectivity index (χ0) is 13.9. The van der Waals surface area contributed by atoms with Crippen molar-refractivity contribution in [3.8, 4) is 0 Å². The molecule has 22 heavy (non-hydrogen) atoms. The number of hydrogen-bond donors (Lipinski definition) is 1. The number of thiophene rings is 1. The van der Waals surface area contributed by atoms with Gasteiger partial charge in [0, 0.05) is 36.1 Å². The van der Waals surface area contributed by atoms with Crippen molar-refractivity contribution in [3.05, 3.63) is 56.7 Å². The van der Waals surface area contributed by atoms with Crippen molar-refractivity contribution in [1.82, 2.24) is 10.2 Å². The molecular formula is C16H21Cl3N2S. The second-order valence-electron chi connectivity index (χ2n) is 5.20. The van der Waals surface area contributed by atoms with Gasteiger partial charge in [-0.2, -0.15) is 0 Å². The van der Waals surface area contributed by atoms with Gasteiger partial charge in [0.15, 0.2) is 0 Å². The fourth-order valence-corrected chi connectivity index (χ4v) is 3.97. The van der Waals surface area contributed by atoms with Crippen LogP contribution in [0.5, 0.6) is 0 Å². The van der Waals surface area contributed by atoms with E-state index in [1.807, 2.05) is 17.4 Å². The molecule has 0 amide bonds. The molecule has 0 saturated carbocycles. The molecule has 1 aromatic carbocycles. The van der Waals surface area contributed by atoms with E-state index in [2.05, 4.69) is 46.8 Å². The molecule has 1 fully saturated rings. The minimum absolute atomic E-state index is 0. The maximum atomic E-state index is 6.11. The first-order valence-electron chi connectivity index (χ1n) is 7.00. The smallest absolute Gasteiger partial charge is 0.0699 e. The molecule has 0 radical (unpaired) electrons. The second kappa shape index (κ2) is 9.11. The van der Waals surface area contributed by atoms with Crippen LogP contribution in [0.4, 0.5) is 0 Å². The van der Waals surface area contributed by atoms with Gasteiger partial charge < -0.3 is 5.32 Å². The largest absolute Gasteiger partial charge is 0.314 e. The quantitative estimate of drug-likeness (QED) is 0.841. The first kappa shape index (κ1) is 19.8. The van der Waals surface area contributed by atoms with Crippen LogP contribution < -0.4 is 5.32 Å². The molecule has 3 rings (SSSR count). The van der Waals surface area contributed by atoms with Gasteiger partial charge in [0.25, 0.3) is 0 Å². The lowest BCUT2D eigenvalue weighted by atomic mass is 9.98. The van der Waals surface area contributed by atoms with Crippen LogP contribution in [0.25, 0.3) is 0 Å². The molecule has 0 unspecified atom stereocenters. The van der Waals surface area contributed by atoms with Crippen molar-refractivity contribution in [1.29, 1.82) is 0 Å². The zero-order valence-corrected chi connectivity index (χ0v) is 15.6. The van der Waals surface area contributed by atoms with E-state index < -0.39 is 0 Å². The molecule has 1 N–H and O–H groups in total. The summed E-state index contributed by atoms with van der Waals surface area (Å²) >= 11 is 7.95. The maximum absolute atomic E-state index is 6.11. The highest BCUT2D eigenvalue weighted by Gasteiger charge is 2.25. The topological polar surface area (TPSA) is 15.3 Å². The molecule has 0 aliphatic carbocycles. The van der Waals surface area contributed by atoms with Crippen molar-refractivity contribution in [2.75, 3.05) is 26.2 Å². The van der Waals surface area contributed by atoms with E-state index in [4.69, 9.17) is 11.6 Å². The Morgan fingerprint density at radius 3 is 2.50 bits per heavy atom. The van der Waals surface area contributed by atoms with E-state index in [-0.39, 0.29) is 24.8 Å². The molecule has 6 heteroatoms. The normalized spacial score (nSPS) is 16.5. The monoisotopic (exact) mass is 378 g/mol. The van der Waals surface area contributed by atoms with Gasteiger partial charge in [-0.3, -0.25) is 4.90 Å². The molecule has 0 bridgehead atoms. The van der Waals surface area contributed by atoms with E-state index in [0.717, 1.165) is 31.2 Å². The van der Waals surface area contributed by atoms with Gasteiger partial charge in [0.2, 0.25) is 0 Å². The van der Waals surface area contributed by atoms with Gasteiger partial charge in [0.05, 0.1) is 6.04 Å². The molecule has 1 aliphatic heterocycles. The SMILES string of the molecule is Cc1cc(Cl)ccc1[C@H](c1cccs1)N1CCNCC1.Cl.Cl. The highest BCUT2D eigenvalue weighted by atomic mass is 35.5. The third-order valence-corrected chi connectivity index (χ3v) is 5.02. The Morgan fingerprint density at radius 1 is 1.18 bits per heavy atom. The number of aryl methyl sites for hydroxylation is 1. The molecule has 0 spiro atoms. The molecule has 2 aromatic rings. The Kier molecular flexibility index (Phi) is 8.19. The predicted molar refractivity (Wildman–Crippen MR) is 101 cm³/mol. The van der Waals surface area contributed by atoms with E-state index >= 15 is 0 Å². The van der Waals surface area contributed by atoms with Gasteiger partial charge in [-0.1, -0.05) is 23.7 Å². The van der Waals surface area contributed by atoms with E-state index in [1.54, 1.807) is 0 Å². The fourth-order valence-electron chi connectivity index (χ4n) is 2.86. The lowest BCUT2D eigenvalue weighted by Gasteiger charge is -2.35. The fraction of sp³-hybridized carbons (Fsp3) is 0.375. The average Bonchev–Trinajstić information content (AvgIpc) is 2.97. The van der Waals surface area contributed by atoms with Gasteiger partial charge >= 0.3 is 0 Å². The molecular weight excluding hydrogens is 359 g/mol. The van der Waals surface area contributed by atoms with Gasteiger partial charge in [0.1, 0.15) is 0 Å². The highest BCUT2D eigenvalue weighted by molar-refractivity contribution is 7.10. The van der Waals surface area contributed by atoms with Crippen molar-refractivity contribution >= 4 is 47.8 Å². The lowest BCUT2D eigenvalue weighted by molar-refractivity contribution is 0.200. The first-order chi connectivity index (χ1) is 9.75. The number of benzene rings is 1. The van der Waals surface area contributed by atoms with Gasteiger partial charge in [-0.05, 0) is 41.6 Å². The summed E-state index contributed by atoms with van der Waals surface area (Å²) in [5.74, 6) is 0. The van der Waals surface area contributed by atoms with Crippen molar-refractivity contribution in [2.45, 2.75) is 13.0 Å². The number of nitrogens with one attached hydrogen (secondary N) is 1. The Labute approximate surface area is 153 Å². The van der Waals surface area contributed by atoms with Crippen LogP contribution in [0.2, 0.25) is 5.02 Å². The van der Waals surface area contributed by atoms with Crippen molar-refractivity contribution in [3.63, 3.8) is 0 Å². The number of piperazine rings is 1. The summed E-state index contributed by atoms with van der Waals surface area (Å²) in [6.07, 6.45) is 0. The van der Waals surface area contributed by atoms with Crippen molar-refractivity contribution in [2.24, 2.45) is 0 Å². The van der Waals surface area contributed by atoms with Gasteiger partial charge in [-0.15, -0.1) is 36.2 Å². The van der Waals surface area contributed by atoms with E-state index in [1.165, 1.54) is 16.0 Å². The van der Waals surface area contributed by atoms with Crippen LogP contribution in [0, 0.1) is 6.92 Å². The van der Waals surface area contributed by atoms with Crippen LogP contribution in [-0.2, 0) is 0 Å². The molecule has 2 nitrogen and oxygen atoms in total. The van der Waals surface area contributed by atoms with Crippen LogP contribution in [-0.4, -0.2) is 31.1 Å². The highest BCUT2D eigenvalue weighted by Crippen LogP contribution is 2.34. The third kappa shape index (κ3) is 4.38. The minimum Gasteiger partial charge on any atom is -0.314 e. The summed E-state index contributed by atoms with van der Waals surface area (Å²) in [5.41, 5.74) is 2.65. The molecule has 1 atom stereocenters. The Morgan fingerprint density at radius 2 is 1.91 bits per heavy atom. The summed E-state index contributed by atoms with van der Waals surface area (Å²) in [6, 6.07) is 11.0. The van der Waals surface area contributed by atoms with Crippen LogP contribution in [0.3, 0.4) is 0 Å². The Hall–Kier alpha value is -0.290. The molecule has 2 heterocycles. The lowest BCUT2D eigenvalue weighted by Crippen LogP contribution is -2.45. The van der Waals surface area contributed by atoms with Gasteiger partial charge in [-0.25, -0.2) is 0 Å². The first-order valence-corrected chi connectivity index (χ1v) is 8.25. The Bertz CT molecular complexity index is 569. The van der Waals surface area contributed by atoms with Crippen LogP contribution >= 0.6 is 47.8 Å². The number of nitrogens with zero attached hydrogens (tertiary/aromatic N) is 1. The average molecular weight is 380 g/mol. The summed E-state index contributed by atoms with van der Waals surface area (Å²) in [6.45, 7) is 6.46. The molecule has 1 saturated heterocycles. The summed E-state index contributed by atoms with van der Waals surface area (Å²) < 4.78 is 0. The number of halogens is 3. The van der Waals surface area contributed by atoms with Crippen molar-refractivity contribution < 1.29 is 0 Å². The van der Waals surface area contributed by atoms with Crippen LogP contribution in [0.1, 0.15) is 22.0 Å². The standard InChI is InChI=1S/C16H19ClN2S.2ClH/c1-12-11-13(17)4-5-14(12)16(15-3-2-10-20-15)19-8-6-18-7-9-19;;/h2-5,10-11,16,18H,6-9H2,1H3;2*1H/t16-;;/m1../s1. The van der Waals surface area contributed by atoms with Crippen LogP contribution in [0.15, 0.2) is 35.7 Å². The van der Waals surface area contributed by atoms with E-state index in [9.17, 15) is 0 Å². The maximum Gasteiger partial charge on any atom is 0.0699 e. The van der Waals surface area contributed by atoms with E-state index in [0.29, 0.717) is 6.04 Å². The number of hydrogen-bond acceptors (Lipinski definition) is 3. The molecule has 122 valence electrons. The molecule has 1 aliphatic rings. The second-order valence-corrected chi connectivity index (χ2v) is 6.62.